The quantitative estimate of drug-likeness (QED) is 0.707. The van der Waals surface area contributed by atoms with E-state index >= 15 is 0 Å². The number of methoxy groups -OCH3 is 1. The summed E-state index contributed by atoms with van der Waals surface area (Å²) in [5, 5.41) is 2.72. The Morgan fingerprint density at radius 2 is 1.55 bits per heavy atom. The fraction of sp³-hybridized carbons (Fsp3) is 0.591. The molecule has 1 fully saturated rings. The van der Waals surface area contributed by atoms with E-state index in [2.05, 4.69) is 5.32 Å². The fourth-order valence-electron chi connectivity index (χ4n) is 3.31. The fourth-order valence-corrected chi connectivity index (χ4v) is 3.31. The second kappa shape index (κ2) is 10.8. The van der Waals surface area contributed by atoms with Gasteiger partial charge in [0.25, 0.3) is 11.8 Å². The molecule has 1 heterocycles. The smallest absolute Gasteiger partial charge is 0.329 e. The van der Waals surface area contributed by atoms with Crippen LogP contribution in [0.15, 0.2) is 24.3 Å². The molecule has 0 aromatic heterocycles. The van der Waals surface area contributed by atoms with Gasteiger partial charge in [0.15, 0.2) is 6.10 Å². The van der Waals surface area contributed by atoms with E-state index in [0.717, 1.165) is 25.7 Å². The van der Waals surface area contributed by atoms with Crippen molar-refractivity contribution in [2.75, 3.05) is 20.2 Å². The Bertz CT molecular complexity index is 694. The molecule has 1 aromatic carbocycles. The van der Waals surface area contributed by atoms with Gasteiger partial charge in [-0.25, -0.2) is 4.79 Å². The van der Waals surface area contributed by atoms with Gasteiger partial charge in [0.05, 0.1) is 7.11 Å². The molecule has 29 heavy (non-hydrogen) atoms. The molecule has 0 saturated carbocycles. The molecule has 1 saturated heterocycles. The van der Waals surface area contributed by atoms with E-state index in [1.807, 2.05) is 13.8 Å². The van der Waals surface area contributed by atoms with Crippen molar-refractivity contribution >= 4 is 17.8 Å². The van der Waals surface area contributed by atoms with Crippen molar-refractivity contribution in [3.63, 3.8) is 0 Å². The van der Waals surface area contributed by atoms with E-state index in [1.165, 1.54) is 0 Å². The molecular formula is C22H32N2O5. The molecule has 2 amide bonds. The first kappa shape index (κ1) is 22.7. The van der Waals surface area contributed by atoms with Gasteiger partial charge < -0.3 is 19.7 Å². The van der Waals surface area contributed by atoms with E-state index in [4.69, 9.17) is 9.47 Å². The molecule has 2 atom stereocenters. The largest absolute Gasteiger partial charge is 0.497 e. The minimum Gasteiger partial charge on any atom is -0.497 e. The van der Waals surface area contributed by atoms with E-state index in [9.17, 15) is 14.4 Å². The number of rotatable bonds is 7. The van der Waals surface area contributed by atoms with Gasteiger partial charge in [-0.1, -0.05) is 26.7 Å². The third-order valence-corrected chi connectivity index (χ3v) is 5.12. The molecule has 7 heteroatoms. The second-order valence-electron chi connectivity index (χ2n) is 7.74. The Kier molecular flexibility index (Phi) is 8.49. The highest BCUT2D eigenvalue weighted by molar-refractivity contribution is 5.97. The lowest BCUT2D eigenvalue weighted by Crippen LogP contribution is -2.48. The summed E-state index contributed by atoms with van der Waals surface area (Å²) in [7, 11) is 1.55. The molecule has 1 aliphatic rings. The minimum absolute atomic E-state index is 0.177. The Morgan fingerprint density at radius 1 is 0.966 bits per heavy atom. The Balaban J connectivity index is 1.98. The van der Waals surface area contributed by atoms with Crippen molar-refractivity contribution in [2.24, 2.45) is 5.92 Å². The van der Waals surface area contributed by atoms with Crippen LogP contribution >= 0.6 is 0 Å². The summed E-state index contributed by atoms with van der Waals surface area (Å²) in [5.41, 5.74) is 0.415. The van der Waals surface area contributed by atoms with Crippen LogP contribution in [0.4, 0.5) is 0 Å². The molecule has 1 N–H and O–H groups in total. The van der Waals surface area contributed by atoms with Crippen LogP contribution in [0.5, 0.6) is 5.75 Å². The highest BCUT2D eigenvalue weighted by Gasteiger charge is 2.31. The van der Waals surface area contributed by atoms with Crippen molar-refractivity contribution < 1.29 is 23.9 Å². The van der Waals surface area contributed by atoms with Crippen LogP contribution < -0.4 is 10.1 Å². The summed E-state index contributed by atoms with van der Waals surface area (Å²) in [6.07, 6.45) is 3.30. The zero-order chi connectivity index (χ0) is 21.4. The average Bonchev–Trinajstić information content (AvgIpc) is 3.00. The van der Waals surface area contributed by atoms with Crippen LogP contribution in [0.25, 0.3) is 0 Å². The minimum atomic E-state index is -0.875. The lowest BCUT2D eigenvalue weighted by Gasteiger charge is -2.26. The van der Waals surface area contributed by atoms with Crippen LogP contribution in [0.3, 0.4) is 0 Å². The Morgan fingerprint density at radius 3 is 2.07 bits per heavy atom. The second-order valence-corrected chi connectivity index (χ2v) is 7.74. The summed E-state index contributed by atoms with van der Waals surface area (Å²) in [6, 6.07) is 5.77. The third kappa shape index (κ3) is 6.48. The van der Waals surface area contributed by atoms with Gasteiger partial charge in [0.2, 0.25) is 0 Å². The highest BCUT2D eigenvalue weighted by Crippen LogP contribution is 2.15. The average molecular weight is 405 g/mol. The maximum atomic E-state index is 12.7. The van der Waals surface area contributed by atoms with Crippen LogP contribution in [-0.4, -0.2) is 55.0 Å². The molecule has 1 aromatic rings. The SMILES string of the molecule is COc1ccc(C(=O)N[C@H](C(=O)O[C@H](C)C(=O)N2CCCCCC2)C(C)C)cc1. The normalized spacial score (nSPS) is 16.5. The number of carbonyl (C=O) groups excluding carboxylic acids is 3. The van der Waals surface area contributed by atoms with Gasteiger partial charge in [0, 0.05) is 18.7 Å². The van der Waals surface area contributed by atoms with Crippen LogP contribution in [0, 0.1) is 5.92 Å². The Hall–Kier alpha value is -2.57. The lowest BCUT2D eigenvalue weighted by molar-refractivity contribution is -0.161. The van der Waals surface area contributed by atoms with E-state index in [0.29, 0.717) is 24.4 Å². The summed E-state index contributed by atoms with van der Waals surface area (Å²) in [5.74, 6) is -0.705. The van der Waals surface area contributed by atoms with E-state index < -0.39 is 18.1 Å². The van der Waals surface area contributed by atoms with Gasteiger partial charge >= 0.3 is 5.97 Å². The number of amides is 2. The first-order chi connectivity index (χ1) is 13.8. The van der Waals surface area contributed by atoms with Crippen LogP contribution in [0.2, 0.25) is 0 Å². The van der Waals surface area contributed by atoms with Gasteiger partial charge in [-0.2, -0.15) is 0 Å². The number of carbonyl (C=O) groups is 3. The third-order valence-electron chi connectivity index (χ3n) is 5.12. The number of likely N-dealkylation sites (tertiary alicyclic amines) is 1. The molecule has 160 valence electrons. The van der Waals surface area contributed by atoms with Crippen molar-refractivity contribution in [3.8, 4) is 5.75 Å². The molecule has 2 rings (SSSR count). The van der Waals surface area contributed by atoms with Crippen molar-refractivity contribution in [2.45, 2.75) is 58.6 Å². The monoisotopic (exact) mass is 404 g/mol. The highest BCUT2D eigenvalue weighted by atomic mass is 16.5. The van der Waals surface area contributed by atoms with E-state index in [-0.39, 0.29) is 17.7 Å². The van der Waals surface area contributed by atoms with Crippen molar-refractivity contribution in [3.05, 3.63) is 29.8 Å². The standard InChI is InChI=1S/C22H32N2O5/c1-15(2)19(23-20(25)17-9-11-18(28-4)12-10-17)22(27)29-16(3)21(26)24-13-7-5-6-8-14-24/h9-12,15-16,19H,5-8,13-14H2,1-4H3,(H,23,25)/t16-,19+/m1/s1. The molecule has 0 unspecified atom stereocenters. The maximum absolute atomic E-state index is 12.7. The van der Waals surface area contributed by atoms with E-state index in [1.54, 1.807) is 43.2 Å². The first-order valence-electron chi connectivity index (χ1n) is 10.3. The first-order valence-corrected chi connectivity index (χ1v) is 10.3. The zero-order valence-electron chi connectivity index (χ0n) is 17.8. The lowest BCUT2D eigenvalue weighted by atomic mass is 10.0. The predicted molar refractivity (Wildman–Crippen MR) is 110 cm³/mol. The molecule has 1 aliphatic heterocycles. The van der Waals surface area contributed by atoms with Gasteiger partial charge in [-0.05, 0) is 49.9 Å². The predicted octanol–water partition coefficient (Wildman–Crippen LogP) is 2.78. The number of nitrogens with one attached hydrogen (secondary N) is 1. The zero-order valence-corrected chi connectivity index (χ0v) is 17.8. The molecule has 0 radical (unpaired) electrons. The number of esters is 1. The van der Waals surface area contributed by atoms with Crippen molar-refractivity contribution in [1.82, 2.24) is 10.2 Å². The van der Waals surface area contributed by atoms with Gasteiger partial charge in [0.1, 0.15) is 11.8 Å². The molecular weight excluding hydrogens is 372 g/mol. The molecule has 0 bridgehead atoms. The Labute approximate surface area is 172 Å². The van der Waals surface area contributed by atoms with Gasteiger partial charge in [-0.15, -0.1) is 0 Å². The number of nitrogens with zero attached hydrogens (tertiary/aromatic N) is 1. The van der Waals surface area contributed by atoms with Crippen LogP contribution in [-0.2, 0) is 14.3 Å². The summed E-state index contributed by atoms with van der Waals surface area (Å²) in [6.45, 7) is 6.63. The number of benzene rings is 1. The van der Waals surface area contributed by atoms with Crippen molar-refractivity contribution in [1.29, 1.82) is 0 Å². The summed E-state index contributed by atoms with van der Waals surface area (Å²) >= 11 is 0. The topological polar surface area (TPSA) is 84.9 Å². The molecule has 0 spiro atoms. The number of hydrogen-bond acceptors (Lipinski definition) is 5. The summed E-state index contributed by atoms with van der Waals surface area (Å²) in [4.78, 5) is 39.6. The summed E-state index contributed by atoms with van der Waals surface area (Å²) < 4.78 is 10.5. The number of hydrogen-bond donors (Lipinski definition) is 1. The molecule has 0 aliphatic carbocycles. The van der Waals surface area contributed by atoms with Crippen LogP contribution in [0.1, 0.15) is 56.8 Å². The maximum Gasteiger partial charge on any atom is 0.329 e. The number of ether oxygens (including phenoxy) is 2. The van der Waals surface area contributed by atoms with Gasteiger partial charge in [-0.3, -0.25) is 9.59 Å². The molecule has 7 nitrogen and oxygen atoms in total.